The lowest BCUT2D eigenvalue weighted by atomic mass is 9.70. The van der Waals surface area contributed by atoms with E-state index in [0.29, 0.717) is 12.8 Å². The normalized spacial score (nSPS) is 19.6. The van der Waals surface area contributed by atoms with Gasteiger partial charge < -0.3 is 5.11 Å². The molecule has 1 heterocycles. The van der Waals surface area contributed by atoms with Crippen molar-refractivity contribution >= 4 is 21.9 Å². The van der Waals surface area contributed by atoms with Crippen LogP contribution in [0.5, 0.6) is 0 Å². The third-order valence-electron chi connectivity index (χ3n) is 3.50. The lowest BCUT2D eigenvalue weighted by molar-refractivity contribution is -0.145. The van der Waals surface area contributed by atoms with E-state index in [2.05, 4.69) is 21.0 Å². The number of hydrogen-bond acceptors (Lipinski definition) is 2. The second-order valence-electron chi connectivity index (χ2n) is 4.42. The summed E-state index contributed by atoms with van der Waals surface area (Å²) in [7, 11) is 1.81. The molecular weight excluding hydrogens is 272 g/mol. The zero-order valence-electron chi connectivity index (χ0n) is 9.24. The first-order valence-electron chi connectivity index (χ1n) is 5.49. The van der Waals surface area contributed by atoms with Gasteiger partial charge in [0.2, 0.25) is 0 Å². The van der Waals surface area contributed by atoms with Gasteiger partial charge >= 0.3 is 5.97 Å². The molecule has 2 rings (SSSR count). The van der Waals surface area contributed by atoms with Crippen molar-refractivity contribution in [3.63, 3.8) is 0 Å². The summed E-state index contributed by atoms with van der Waals surface area (Å²) < 4.78 is 2.46. The fourth-order valence-corrected chi connectivity index (χ4v) is 3.07. The van der Waals surface area contributed by atoms with Crippen molar-refractivity contribution in [2.45, 2.75) is 37.5 Å². The van der Waals surface area contributed by atoms with Crippen LogP contribution in [0.3, 0.4) is 0 Å². The third-order valence-corrected chi connectivity index (χ3v) is 4.44. The first kappa shape index (κ1) is 11.6. The Bertz CT molecular complexity index is 408. The van der Waals surface area contributed by atoms with E-state index in [1.165, 1.54) is 0 Å². The lowest BCUT2D eigenvalue weighted by Crippen LogP contribution is -2.37. The number of carboxylic acid groups (broad SMARTS) is 1. The second-order valence-corrected chi connectivity index (χ2v) is 5.17. The Labute approximate surface area is 103 Å². The molecule has 88 valence electrons. The highest BCUT2D eigenvalue weighted by molar-refractivity contribution is 9.10. The minimum Gasteiger partial charge on any atom is -0.481 e. The van der Waals surface area contributed by atoms with Crippen LogP contribution in [-0.4, -0.2) is 20.9 Å². The number of halogens is 1. The highest BCUT2D eigenvalue weighted by Gasteiger charge is 2.43. The number of aliphatic carboxylic acids is 1. The Morgan fingerprint density at radius 3 is 2.56 bits per heavy atom. The summed E-state index contributed by atoms with van der Waals surface area (Å²) in [6, 6.07) is 0. The minimum absolute atomic E-state index is 0.715. The molecule has 0 aromatic carbocycles. The van der Waals surface area contributed by atoms with Crippen molar-refractivity contribution in [2.24, 2.45) is 7.05 Å². The molecule has 1 aliphatic rings. The van der Waals surface area contributed by atoms with Crippen LogP contribution < -0.4 is 0 Å². The maximum atomic E-state index is 11.6. The summed E-state index contributed by atoms with van der Waals surface area (Å²) in [5, 5.41) is 13.6. The van der Waals surface area contributed by atoms with E-state index < -0.39 is 11.4 Å². The van der Waals surface area contributed by atoms with Gasteiger partial charge in [-0.05, 0) is 28.8 Å². The van der Waals surface area contributed by atoms with E-state index >= 15 is 0 Å². The molecule has 0 bridgehead atoms. The van der Waals surface area contributed by atoms with Crippen molar-refractivity contribution in [3.8, 4) is 0 Å². The van der Waals surface area contributed by atoms with Crippen LogP contribution in [0, 0.1) is 0 Å². The van der Waals surface area contributed by atoms with Gasteiger partial charge in [0.05, 0.1) is 11.6 Å². The van der Waals surface area contributed by atoms with Crippen LogP contribution in [-0.2, 0) is 17.3 Å². The number of nitrogens with zero attached hydrogens (tertiary/aromatic N) is 2. The van der Waals surface area contributed by atoms with E-state index in [-0.39, 0.29) is 0 Å². The van der Waals surface area contributed by atoms with Gasteiger partial charge in [-0.15, -0.1) is 0 Å². The van der Waals surface area contributed by atoms with Gasteiger partial charge in [0.1, 0.15) is 4.60 Å². The average molecular weight is 287 g/mol. The van der Waals surface area contributed by atoms with Gasteiger partial charge in [-0.1, -0.05) is 19.3 Å². The molecule has 16 heavy (non-hydrogen) atoms. The van der Waals surface area contributed by atoms with Gasteiger partial charge in [-0.25, -0.2) is 0 Å². The summed E-state index contributed by atoms with van der Waals surface area (Å²) in [5.74, 6) is -0.721. The molecule has 1 N–H and O–H groups in total. The second kappa shape index (κ2) is 4.20. The molecule has 4 nitrogen and oxygen atoms in total. The molecule has 1 aromatic rings. The molecule has 0 atom stereocenters. The fourth-order valence-electron chi connectivity index (χ4n) is 2.50. The highest BCUT2D eigenvalue weighted by Crippen LogP contribution is 2.42. The maximum absolute atomic E-state index is 11.6. The van der Waals surface area contributed by atoms with Crippen molar-refractivity contribution in [3.05, 3.63) is 16.4 Å². The molecule has 0 saturated heterocycles. The quantitative estimate of drug-likeness (QED) is 0.909. The molecular formula is C11H15BrN2O2. The predicted octanol–water partition coefficient (Wildman–Crippen LogP) is 2.47. The van der Waals surface area contributed by atoms with E-state index in [9.17, 15) is 9.90 Å². The number of carboxylic acids is 1. The Morgan fingerprint density at radius 1 is 1.50 bits per heavy atom. The van der Waals surface area contributed by atoms with Crippen LogP contribution in [0.4, 0.5) is 0 Å². The first-order chi connectivity index (χ1) is 7.58. The van der Waals surface area contributed by atoms with Gasteiger partial charge in [0, 0.05) is 12.6 Å². The number of carbonyl (C=O) groups is 1. The summed E-state index contributed by atoms with van der Waals surface area (Å²) >= 11 is 3.43. The molecule has 0 aliphatic heterocycles. The van der Waals surface area contributed by atoms with E-state index in [1.807, 2.05) is 7.05 Å². The van der Waals surface area contributed by atoms with Crippen LogP contribution in [0.25, 0.3) is 0 Å². The van der Waals surface area contributed by atoms with Crippen molar-refractivity contribution in [1.82, 2.24) is 9.78 Å². The van der Waals surface area contributed by atoms with Gasteiger partial charge in [0.25, 0.3) is 0 Å². The number of aryl methyl sites for hydroxylation is 1. The van der Waals surface area contributed by atoms with Crippen molar-refractivity contribution in [1.29, 1.82) is 0 Å². The van der Waals surface area contributed by atoms with Crippen molar-refractivity contribution in [2.75, 3.05) is 0 Å². The summed E-state index contributed by atoms with van der Waals surface area (Å²) in [6.45, 7) is 0. The molecule has 1 aliphatic carbocycles. The summed E-state index contributed by atoms with van der Waals surface area (Å²) in [6.07, 6.45) is 6.21. The monoisotopic (exact) mass is 286 g/mol. The molecule has 1 aromatic heterocycles. The summed E-state index contributed by atoms with van der Waals surface area (Å²) in [4.78, 5) is 11.6. The number of aromatic nitrogens is 2. The van der Waals surface area contributed by atoms with Crippen LogP contribution in [0.2, 0.25) is 0 Å². The van der Waals surface area contributed by atoms with Crippen LogP contribution in [0.15, 0.2) is 10.8 Å². The highest BCUT2D eigenvalue weighted by atomic mass is 79.9. The largest absolute Gasteiger partial charge is 0.481 e. The minimum atomic E-state index is -0.731. The Kier molecular flexibility index (Phi) is 3.06. The maximum Gasteiger partial charge on any atom is 0.314 e. The molecule has 1 fully saturated rings. The van der Waals surface area contributed by atoms with Crippen molar-refractivity contribution < 1.29 is 9.90 Å². The SMILES string of the molecule is Cn1ncc(C2(C(=O)O)CCCCC2)c1Br. The first-order valence-corrected chi connectivity index (χ1v) is 6.28. The van der Waals surface area contributed by atoms with E-state index in [1.54, 1.807) is 10.9 Å². The lowest BCUT2D eigenvalue weighted by Gasteiger charge is -2.32. The zero-order valence-corrected chi connectivity index (χ0v) is 10.8. The topological polar surface area (TPSA) is 55.1 Å². The van der Waals surface area contributed by atoms with Gasteiger partial charge in [-0.2, -0.15) is 5.10 Å². The smallest absolute Gasteiger partial charge is 0.314 e. The van der Waals surface area contributed by atoms with Crippen LogP contribution in [0.1, 0.15) is 37.7 Å². The molecule has 5 heteroatoms. The Balaban J connectivity index is 2.47. The van der Waals surface area contributed by atoms with Gasteiger partial charge in [0.15, 0.2) is 0 Å². The molecule has 0 unspecified atom stereocenters. The number of rotatable bonds is 2. The molecule has 0 amide bonds. The predicted molar refractivity (Wildman–Crippen MR) is 63.3 cm³/mol. The van der Waals surface area contributed by atoms with Crippen LogP contribution >= 0.6 is 15.9 Å². The Morgan fingerprint density at radius 2 is 2.12 bits per heavy atom. The molecule has 0 spiro atoms. The standard InChI is InChI=1S/C11H15BrN2O2/c1-14-9(12)8(7-13-14)11(10(15)16)5-3-2-4-6-11/h7H,2-6H2,1H3,(H,15,16). The van der Waals surface area contributed by atoms with Gasteiger partial charge in [-0.3, -0.25) is 9.48 Å². The molecule has 0 radical (unpaired) electrons. The van der Waals surface area contributed by atoms with E-state index in [4.69, 9.17) is 0 Å². The summed E-state index contributed by atoms with van der Waals surface area (Å²) in [5.41, 5.74) is 0.0907. The fraction of sp³-hybridized carbons (Fsp3) is 0.636. The Hall–Kier alpha value is -0.840. The number of hydrogen-bond donors (Lipinski definition) is 1. The zero-order chi connectivity index (χ0) is 11.8. The average Bonchev–Trinajstić information content (AvgIpc) is 2.61. The van der Waals surface area contributed by atoms with E-state index in [0.717, 1.165) is 29.4 Å². The molecule has 1 saturated carbocycles. The third kappa shape index (κ3) is 1.67.